The van der Waals surface area contributed by atoms with Gasteiger partial charge in [-0.1, -0.05) is 123 Å². The van der Waals surface area contributed by atoms with E-state index < -0.39 is 0 Å². The van der Waals surface area contributed by atoms with E-state index in [0.717, 1.165) is 42.2 Å². The number of fused-ring (bicyclic) bond motifs is 1. The van der Waals surface area contributed by atoms with Crippen LogP contribution in [0, 0.1) is 23.7 Å². The first-order valence-electron chi connectivity index (χ1n) is 13.7. The molecule has 0 amide bonds. The summed E-state index contributed by atoms with van der Waals surface area (Å²) in [7, 11) is 0. The third-order valence-electron chi connectivity index (χ3n) is 8.81. The number of hydrogen-bond acceptors (Lipinski definition) is 1. The minimum Gasteiger partial charge on any atom is -0.337 e. The van der Waals surface area contributed by atoms with Crippen LogP contribution in [0.3, 0.4) is 0 Å². The summed E-state index contributed by atoms with van der Waals surface area (Å²) in [5.41, 5.74) is 0. The summed E-state index contributed by atoms with van der Waals surface area (Å²) in [6, 6.07) is 1.24. The molecule has 2 fully saturated rings. The standard InChI is InChI=1S/C29H50BN/c1-7-9-10-11-15-24-18-19-26(20-24)30(31(22(3)4)23(5)6)29-21-25(14-8-2)27-16-12-13-17-28(27)29/h8,12-13,16-17,22-29H,2,7,9-11,14-15,18-21H2,1,3-6H3. The Hall–Kier alpha value is -0.755. The van der Waals surface area contributed by atoms with Crippen LogP contribution < -0.4 is 0 Å². The van der Waals surface area contributed by atoms with Crippen LogP contribution in [-0.4, -0.2) is 23.7 Å². The minimum absolute atomic E-state index is 0.619. The van der Waals surface area contributed by atoms with Crippen LogP contribution in [0.2, 0.25) is 11.6 Å². The van der Waals surface area contributed by atoms with Crippen LogP contribution in [0.4, 0.5) is 0 Å². The van der Waals surface area contributed by atoms with E-state index in [1.165, 1.54) is 64.2 Å². The number of rotatable bonds is 12. The molecule has 3 aliphatic carbocycles. The van der Waals surface area contributed by atoms with Crippen molar-refractivity contribution < 1.29 is 0 Å². The molecule has 2 heteroatoms. The lowest BCUT2D eigenvalue weighted by atomic mass is 9.38. The number of hydrogen-bond donors (Lipinski definition) is 0. The molecule has 31 heavy (non-hydrogen) atoms. The highest BCUT2D eigenvalue weighted by Crippen LogP contribution is 2.56. The van der Waals surface area contributed by atoms with E-state index in [0.29, 0.717) is 12.1 Å². The van der Waals surface area contributed by atoms with Gasteiger partial charge in [0.05, 0.1) is 0 Å². The first-order valence-corrected chi connectivity index (χ1v) is 13.7. The largest absolute Gasteiger partial charge is 0.337 e. The van der Waals surface area contributed by atoms with E-state index in [1.807, 2.05) is 0 Å². The normalized spacial score (nSPS) is 32.4. The Kier molecular flexibility index (Phi) is 9.56. The SMILES string of the molecule is C=CCC1CC(B(C2CCC(CCCCCC)C2)N(C(C)C)C(C)C)C2C=CC=CC12. The molecular weight excluding hydrogens is 373 g/mol. The van der Waals surface area contributed by atoms with E-state index >= 15 is 0 Å². The van der Waals surface area contributed by atoms with Gasteiger partial charge in [0.25, 0.3) is 0 Å². The summed E-state index contributed by atoms with van der Waals surface area (Å²) in [5, 5.41) is 0. The first-order chi connectivity index (χ1) is 15.0. The van der Waals surface area contributed by atoms with Crippen molar-refractivity contribution in [2.45, 2.75) is 123 Å². The molecule has 0 spiro atoms. The van der Waals surface area contributed by atoms with Gasteiger partial charge in [-0.2, -0.15) is 0 Å². The minimum atomic E-state index is 0.619. The number of unbranched alkanes of at least 4 members (excludes halogenated alkanes) is 3. The van der Waals surface area contributed by atoms with Crippen molar-refractivity contribution in [3.63, 3.8) is 0 Å². The summed E-state index contributed by atoms with van der Waals surface area (Å²) in [6.45, 7) is 16.9. The van der Waals surface area contributed by atoms with E-state index in [4.69, 9.17) is 0 Å². The quantitative estimate of drug-likeness (QED) is 0.173. The highest BCUT2D eigenvalue weighted by atomic mass is 15.1. The lowest BCUT2D eigenvalue weighted by Crippen LogP contribution is -2.53. The van der Waals surface area contributed by atoms with Crippen molar-refractivity contribution >= 4 is 6.85 Å². The Morgan fingerprint density at radius 3 is 2.32 bits per heavy atom. The molecule has 1 nitrogen and oxygen atoms in total. The van der Waals surface area contributed by atoms with E-state index in [1.54, 1.807) is 0 Å². The van der Waals surface area contributed by atoms with Crippen LogP contribution in [0.1, 0.15) is 98.8 Å². The summed E-state index contributed by atoms with van der Waals surface area (Å²) in [6.07, 6.45) is 26.0. The summed E-state index contributed by atoms with van der Waals surface area (Å²) in [5.74, 6) is 4.89. The van der Waals surface area contributed by atoms with Crippen molar-refractivity contribution in [2.75, 3.05) is 0 Å². The summed E-state index contributed by atoms with van der Waals surface area (Å²) in [4.78, 5) is 2.92. The van der Waals surface area contributed by atoms with E-state index in [-0.39, 0.29) is 0 Å². The predicted octanol–water partition coefficient (Wildman–Crippen LogP) is 8.56. The highest BCUT2D eigenvalue weighted by Gasteiger charge is 2.51. The van der Waals surface area contributed by atoms with Gasteiger partial charge in [0.15, 0.2) is 0 Å². The van der Waals surface area contributed by atoms with Crippen LogP contribution in [-0.2, 0) is 0 Å². The molecule has 0 heterocycles. The first kappa shape index (κ1) is 24.9. The third-order valence-corrected chi connectivity index (χ3v) is 8.81. The fourth-order valence-electron chi connectivity index (χ4n) is 7.68. The van der Waals surface area contributed by atoms with Gasteiger partial charge in [0.1, 0.15) is 0 Å². The summed E-state index contributed by atoms with van der Waals surface area (Å²) < 4.78 is 0. The second-order valence-corrected chi connectivity index (χ2v) is 11.5. The van der Waals surface area contributed by atoms with Gasteiger partial charge in [0, 0.05) is 0 Å². The van der Waals surface area contributed by atoms with Crippen LogP contribution in [0.15, 0.2) is 37.0 Å². The average Bonchev–Trinajstić information content (AvgIpc) is 3.34. The van der Waals surface area contributed by atoms with Crippen LogP contribution in [0.5, 0.6) is 0 Å². The zero-order chi connectivity index (χ0) is 22.4. The molecule has 0 bridgehead atoms. The van der Waals surface area contributed by atoms with Gasteiger partial charge in [0.2, 0.25) is 6.85 Å². The molecule has 0 saturated heterocycles. The molecule has 174 valence electrons. The monoisotopic (exact) mass is 423 g/mol. The lowest BCUT2D eigenvalue weighted by molar-refractivity contribution is 0.286. The third kappa shape index (κ3) is 5.98. The molecule has 6 unspecified atom stereocenters. The maximum absolute atomic E-state index is 4.10. The van der Waals surface area contributed by atoms with Crippen molar-refractivity contribution in [2.24, 2.45) is 23.7 Å². The van der Waals surface area contributed by atoms with Crippen LogP contribution in [0.25, 0.3) is 0 Å². The molecular formula is C29H50BN. The second-order valence-electron chi connectivity index (χ2n) is 11.5. The Morgan fingerprint density at radius 1 is 0.968 bits per heavy atom. The molecule has 3 rings (SSSR count). The number of allylic oxidation sites excluding steroid dienone is 5. The zero-order valence-corrected chi connectivity index (χ0v) is 21.3. The molecule has 0 aromatic rings. The molecule has 0 aromatic carbocycles. The summed E-state index contributed by atoms with van der Waals surface area (Å²) >= 11 is 0. The smallest absolute Gasteiger partial charge is 0.230 e. The molecule has 0 N–H and O–H groups in total. The van der Waals surface area contributed by atoms with Crippen molar-refractivity contribution in [3.8, 4) is 0 Å². The van der Waals surface area contributed by atoms with E-state index in [9.17, 15) is 0 Å². The van der Waals surface area contributed by atoms with Crippen molar-refractivity contribution in [3.05, 3.63) is 37.0 Å². The molecule has 0 radical (unpaired) electrons. The predicted molar refractivity (Wildman–Crippen MR) is 140 cm³/mol. The molecule has 0 aliphatic heterocycles. The molecule has 6 atom stereocenters. The maximum atomic E-state index is 4.10. The second kappa shape index (κ2) is 11.9. The Bertz CT molecular complexity index is 598. The number of nitrogens with zero attached hydrogens (tertiary/aromatic N) is 1. The maximum Gasteiger partial charge on any atom is 0.230 e. The van der Waals surface area contributed by atoms with Crippen molar-refractivity contribution in [1.29, 1.82) is 0 Å². The van der Waals surface area contributed by atoms with Gasteiger partial charge in [-0.15, -0.1) is 6.58 Å². The van der Waals surface area contributed by atoms with Gasteiger partial charge in [-0.05, 0) is 53.8 Å². The van der Waals surface area contributed by atoms with Gasteiger partial charge >= 0.3 is 0 Å². The fourth-order valence-corrected chi connectivity index (χ4v) is 7.68. The molecule has 0 aromatic heterocycles. The van der Waals surface area contributed by atoms with Crippen LogP contribution >= 0.6 is 0 Å². The Labute approximate surface area is 194 Å². The van der Waals surface area contributed by atoms with Crippen molar-refractivity contribution in [1.82, 2.24) is 4.81 Å². The van der Waals surface area contributed by atoms with Gasteiger partial charge < -0.3 is 4.81 Å². The van der Waals surface area contributed by atoms with E-state index in [2.05, 4.69) is 76.4 Å². The Balaban J connectivity index is 1.80. The zero-order valence-electron chi connectivity index (χ0n) is 21.3. The lowest BCUT2D eigenvalue weighted by Gasteiger charge is -2.44. The fraction of sp³-hybridized carbons (Fsp3) is 0.793. The average molecular weight is 424 g/mol. The molecule has 3 aliphatic rings. The van der Waals surface area contributed by atoms with Gasteiger partial charge in [-0.25, -0.2) is 0 Å². The highest BCUT2D eigenvalue weighted by molar-refractivity contribution is 6.59. The van der Waals surface area contributed by atoms with Gasteiger partial charge in [-0.3, -0.25) is 0 Å². The topological polar surface area (TPSA) is 3.24 Å². The Morgan fingerprint density at radius 2 is 1.68 bits per heavy atom. The molecule has 2 saturated carbocycles.